The van der Waals surface area contributed by atoms with Gasteiger partial charge in [-0.1, -0.05) is 6.07 Å². The van der Waals surface area contributed by atoms with Crippen molar-refractivity contribution in [1.82, 2.24) is 14.5 Å². The third-order valence-electron chi connectivity index (χ3n) is 5.14. The smallest absolute Gasteiger partial charge is 0.293 e. The predicted octanol–water partition coefficient (Wildman–Crippen LogP) is 2.75. The molecule has 0 aliphatic carbocycles. The molecule has 0 unspecified atom stereocenters. The molecule has 1 aromatic carbocycles. The highest BCUT2D eigenvalue weighted by Gasteiger charge is 2.29. The summed E-state index contributed by atoms with van der Waals surface area (Å²) >= 11 is 0. The number of anilines is 1. The standard InChI is InChI=1S/C21H21N5O4/c1-24-11-9-23-21(24)20(27)15-5-6-18(19(12-15)26(28)29)25-10-7-17(13-25)30-14-16-4-2-3-8-22-16/h2-6,8-9,11-12,17H,7,10,13-14H2,1H3/t17-/m1/s1. The highest BCUT2D eigenvalue weighted by atomic mass is 16.6. The van der Waals surface area contributed by atoms with Gasteiger partial charge < -0.3 is 14.2 Å². The van der Waals surface area contributed by atoms with Gasteiger partial charge in [0.05, 0.1) is 23.3 Å². The Labute approximate surface area is 173 Å². The fourth-order valence-corrected chi connectivity index (χ4v) is 3.56. The van der Waals surface area contributed by atoms with Crippen molar-refractivity contribution in [3.05, 3.63) is 82.2 Å². The number of nitrogens with zero attached hydrogens (tertiary/aromatic N) is 5. The van der Waals surface area contributed by atoms with E-state index in [1.807, 2.05) is 23.1 Å². The summed E-state index contributed by atoms with van der Waals surface area (Å²) in [5, 5.41) is 11.7. The van der Waals surface area contributed by atoms with Gasteiger partial charge in [-0.15, -0.1) is 0 Å². The van der Waals surface area contributed by atoms with Crippen LogP contribution in [-0.2, 0) is 18.4 Å². The molecule has 1 aliphatic rings. The van der Waals surface area contributed by atoms with E-state index < -0.39 is 4.92 Å². The number of aromatic nitrogens is 3. The summed E-state index contributed by atoms with van der Waals surface area (Å²) in [6.45, 7) is 1.58. The zero-order valence-corrected chi connectivity index (χ0v) is 16.5. The number of rotatable bonds is 7. The van der Waals surface area contributed by atoms with Crippen LogP contribution < -0.4 is 4.90 Å². The topological polar surface area (TPSA) is 103 Å². The summed E-state index contributed by atoms with van der Waals surface area (Å²) < 4.78 is 7.52. The lowest BCUT2D eigenvalue weighted by Gasteiger charge is -2.19. The molecule has 1 atom stereocenters. The highest BCUT2D eigenvalue weighted by molar-refractivity contribution is 6.07. The molecule has 0 bridgehead atoms. The molecule has 1 aliphatic heterocycles. The molecule has 4 rings (SSSR count). The van der Waals surface area contributed by atoms with Gasteiger partial charge in [-0.05, 0) is 30.7 Å². The van der Waals surface area contributed by atoms with Gasteiger partial charge in [-0.25, -0.2) is 4.98 Å². The molecular weight excluding hydrogens is 386 g/mol. The Morgan fingerprint density at radius 2 is 2.13 bits per heavy atom. The van der Waals surface area contributed by atoms with Crippen LogP contribution in [0.4, 0.5) is 11.4 Å². The van der Waals surface area contributed by atoms with E-state index in [9.17, 15) is 14.9 Å². The Kier molecular flexibility index (Phi) is 5.53. The number of hydrogen-bond acceptors (Lipinski definition) is 7. The maximum atomic E-state index is 12.7. The van der Waals surface area contributed by atoms with E-state index in [4.69, 9.17) is 4.74 Å². The summed E-state index contributed by atoms with van der Waals surface area (Å²) in [7, 11) is 1.71. The minimum atomic E-state index is -0.452. The molecule has 154 valence electrons. The number of ether oxygens (including phenoxy) is 1. The number of carbonyl (C=O) groups is 1. The number of imidazole rings is 1. The van der Waals surface area contributed by atoms with E-state index in [1.165, 1.54) is 12.3 Å². The summed E-state index contributed by atoms with van der Waals surface area (Å²) in [5.74, 6) is -0.114. The van der Waals surface area contributed by atoms with E-state index in [1.54, 1.807) is 36.1 Å². The monoisotopic (exact) mass is 407 g/mol. The van der Waals surface area contributed by atoms with Gasteiger partial charge in [-0.3, -0.25) is 19.9 Å². The lowest BCUT2D eigenvalue weighted by Crippen LogP contribution is -2.24. The Morgan fingerprint density at radius 3 is 2.83 bits per heavy atom. The molecular formula is C21H21N5O4. The van der Waals surface area contributed by atoms with Crippen molar-refractivity contribution in [2.24, 2.45) is 7.05 Å². The van der Waals surface area contributed by atoms with Crippen molar-refractivity contribution in [1.29, 1.82) is 0 Å². The average molecular weight is 407 g/mol. The SMILES string of the molecule is Cn1ccnc1C(=O)c1ccc(N2CC[C@@H](OCc3ccccn3)C2)c([N+](=O)[O-])c1. The maximum absolute atomic E-state index is 12.7. The van der Waals surface area contributed by atoms with Crippen LogP contribution in [0.3, 0.4) is 0 Å². The van der Waals surface area contributed by atoms with Gasteiger partial charge in [0, 0.05) is 50.4 Å². The third kappa shape index (κ3) is 4.06. The molecule has 30 heavy (non-hydrogen) atoms. The van der Waals surface area contributed by atoms with E-state index in [0.717, 1.165) is 12.1 Å². The summed E-state index contributed by atoms with van der Waals surface area (Å²) in [4.78, 5) is 34.1. The zero-order valence-electron chi connectivity index (χ0n) is 16.5. The molecule has 1 fully saturated rings. The van der Waals surface area contributed by atoms with Crippen molar-refractivity contribution >= 4 is 17.2 Å². The van der Waals surface area contributed by atoms with E-state index in [-0.39, 0.29) is 29.0 Å². The number of benzene rings is 1. The van der Waals surface area contributed by atoms with Crippen LogP contribution in [0.25, 0.3) is 0 Å². The van der Waals surface area contributed by atoms with Crippen LogP contribution in [-0.4, -0.2) is 44.4 Å². The van der Waals surface area contributed by atoms with Crippen LogP contribution in [0.1, 0.15) is 28.3 Å². The molecule has 0 amide bonds. The number of hydrogen-bond donors (Lipinski definition) is 0. The van der Waals surface area contributed by atoms with Gasteiger partial charge >= 0.3 is 0 Å². The van der Waals surface area contributed by atoms with Crippen molar-refractivity contribution in [3.63, 3.8) is 0 Å². The third-order valence-corrected chi connectivity index (χ3v) is 5.14. The Bertz CT molecular complexity index is 1070. The molecule has 9 heteroatoms. The molecule has 2 aromatic heterocycles. The molecule has 0 N–H and O–H groups in total. The molecule has 0 radical (unpaired) electrons. The van der Waals surface area contributed by atoms with Crippen LogP contribution >= 0.6 is 0 Å². The number of pyridine rings is 1. The number of ketones is 1. The van der Waals surface area contributed by atoms with Gasteiger partial charge in [0.25, 0.3) is 5.69 Å². The number of aryl methyl sites for hydroxylation is 1. The van der Waals surface area contributed by atoms with Crippen molar-refractivity contribution in [3.8, 4) is 0 Å². The largest absolute Gasteiger partial charge is 0.370 e. The van der Waals surface area contributed by atoms with E-state index in [2.05, 4.69) is 9.97 Å². The maximum Gasteiger partial charge on any atom is 0.293 e. The first kappa shape index (κ1) is 19.7. The van der Waals surface area contributed by atoms with Crippen molar-refractivity contribution < 1.29 is 14.5 Å². The molecule has 3 aromatic rings. The fourth-order valence-electron chi connectivity index (χ4n) is 3.56. The second-order valence-electron chi connectivity index (χ2n) is 7.14. The summed E-state index contributed by atoms with van der Waals surface area (Å²) in [5.41, 5.74) is 1.47. The Morgan fingerprint density at radius 1 is 1.27 bits per heavy atom. The summed E-state index contributed by atoms with van der Waals surface area (Å²) in [6.07, 6.45) is 5.62. The minimum absolute atomic E-state index is 0.0412. The van der Waals surface area contributed by atoms with Crippen LogP contribution in [0, 0.1) is 10.1 Å². The second-order valence-corrected chi connectivity index (χ2v) is 7.14. The second kappa shape index (κ2) is 8.42. The summed E-state index contributed by atoms with van der Waals surface area (Å²) in [6, 6.07) is 10.2. The van der Waals surface area contributed by atoms with Gasteiger partial charge in [-0.2, -0.15) is 0 Å². The predicted molar refractivity (Wildman–Crippen MR) is 109 cm³/mol. The molecule has 9 nitrogen and oxygen atoms in total. The lowest BCUT2D eigenvalue weighted by molar-refractivity contribution is -0.384. The molecule has 3 heterocycles. The zero-order chi connectivity index (χ0) is 21.1. The quantitative estimate of drug-likeness (QED) is 0.337. The van der Waals surface area contributed by atoms with Crippen LogP contribution in [0.2, 0.25) is 0 Å². The molecule has 0 saturated carbocycles. The van der Waals surface area contributed by atoms with Crippen molar-refractivity contribution in [2.45, 2.75) is 19.1 Å². The van der Waals surface area contributed by atoms with Gasteiger partial charge in [0.15, 0.2) is 5.82 Å². The van der Waals surface area contributed by atoms with Gasteiger partial charge in [0.2, 0.25) is 5.78 Å². The number of nitro benzene ring substituents is 1. The first-order valence-corrected chi connectivity index (χ1v) is 9.60. The normalized spacial score (nSPS) is 16.0. The van der Waals surface area contributed by atoms with Gasteiger partial charge in [0.1, 0.15) is 5.69 Å². The van der Waals surface area contributed by atoms with E-state index in [0.29, 0.717) is 25.4 Å². The highest BCUT2D eigenvalue weighted by Crippen LogP contribution is 2.33. The van der Waals surface area contributed by atoms with Crippen LogP contribution in [0.5, 0.6) is 0 Å². The average Bonchev–Trinajstić information content (AvgIpc) is 3.41. The molecule has 1 saturated heterocycles. The first-order valence-electron chi connectivity index (χ1n) is 9.60. The lowest BCUT2D eigenvalue weighted by atomic mass is 10.1. The Hall–Kier alpha value is -3.59. The van der Waals surface area contributed by atoms with E-state index >= 15 is 0 Å². The molecule has 0 spiro atoms. The number of nitro groups is 1. The van der Waals surface area contributed by atoms with Crippen molar-refractivity contribution in [2.75, 3.05) is 18.0 Å². The van der Waals surface area contributed by atoms with Crippen LogP contribution in [0.15, 0.2) is 55.0 Å². The Balaban J connectivity index is 1.49. The fraction of sp³-hybridized carbons (Fsp3) is 0.286. The minimum Gasteiger partial charge on any atom is -0.370 e. The number of carbonyl (C=O) groups excluding carboxylic acids is 1. The first-order chi connectivity index (χ1) is 14.5.